The van der Waals surface area contributed by atoms with Gasteiger partial charge in [-0.15, -0.1) is 0 Å². The van der Waals surface area contributed by atoms with Crippen LogP contribution in [0.5, 0.6) is 0 Å². The van der Waals surface area contributed by atoms with E-state index >= 15 is 0 Å². The number of carbonyl (C=O) groups excluding carboxylic acids is 3. The zero-order valence-electron chi connectivity index (χ0n) is 19.2. The topological polar surface area (TPSA) is 70.2 Å². The molecular weight excluding hydrogens is 476 g/mol. The van der Waals surface area contributed by atoms with Crippen LogP contribution >= 0.6 is 11.8 Å². The Kier molecular flexibility index (Phi) is 7.94. The van der Waals surface area contributed by atoms with Crippen LogP contribution in [0.15, 0.2) is 47.4 Å². The summed E-state index contributed by atoms with van der Waals surface area (Å²) in [5.74, 6) is -2.21. The van der Waals surface area contributed by atoms with Gasteiger partial charge in [-0.2, -0.15) is 0 Å². The maximum atomic E-state index is 14.0. The first-order valence-electron chi connectivity index (χ1n) is 11.2. The second-order valence-electron chi connectivity index (χ2n) is 8.26. The van der Waals surface area contributed by atoms with Crippen molar-refractivity contribution in [2.45, 2.75) is 6.54 Å². The van der Waals surface area contributed by atoms with Gasteiger partial charge in [-0.25, -0.2) is 8.78 Å². The molecule has 10 heteroatoms. The molecule has 184 valence electrons. The highest BCUT2D eigenvalue weighted by molar-refractivity contribution is 8.18. The predicted octanol–water partition coefficient (Wildman–Crippen LogP) is 3.61. The third-order valence-corrected chi connectivity index (χ3v) is 6.83. The van der Waals surface area contributed by atoms with Crippen LogP contribution in [-0.2, 0) is 16.1 Å². The number of hydrogen-bond acceptors (Lipinski definition) is 6. The molecule has 2 heterocycles. The summed E-state index contributed by atoms with van der Waals surface area (Å²) in [5.41, 5.74) is 1.15. The van der Waals surface area contributed by atoms with Crippen LogP contribution in [0.1, 0.15) is 21.5 Å². The second kappa shape index (κ2) is 11.1. The summed E-state index contributed by atoms with van der Waals surface area (Å²) in [7, 11) is 1.67. The molecule has 0 bridgehead atoms. The fourth-order valence-corrected chi connectivity index (χ4v) is 4.79. The summed E-state index contributed by atoms with van der Waals surface area (Å²) in [5, 5.41) is -0.538. The molecule has 0 aliphatic carbocycles. The van der Waals surface area contributed by atoms with Gasteiger partial charge in [0.05, 0.1) is 18.1 Å². The second-order valence-corrected chi connectivity index (χ2v) is 9.25. The number of halogens is 2. The highest BCUT2D eigenvalue weighted by Crippen LogP contribution is 2.33. The lowest BCUT2D eigenvalue weighted by atomic mass is 10.1. The van der Waals surface area contributed by atoms with Crippen molar-refractivity contribution in [3.05, 3.63) is 75.7 Å². The third-order valence-electron chi connectivity index (χ3n) is 5.92. The molecule has 0 unspecified atom stereocenters. The Morgan fingerprint density at radius 3 is 2.57 bits per heavy atom. The van der Waals surface area contributed by atoms with E-state index in [2.05, 4.69) is 4.90 Å². The minimum atomic E-state index is -0.821. The number of hydrogen-bond donors (Lipinski definition) is 0. The summed E-state index contributed by atoms with van der Waals surface area (Å²) in [6.45, 7) is 3.98. The molecule has 3 amide bonds. The first-order valence-corrected chi connectivity index (χ1v) is 12.0. The van der Waals surface area contributed by atoms with Gasteiger partial charge in [0.1, 0.15) is 11.6 Å². The summed E-state index contributed by atoms with van der Waals surface area (Å²) in [6.07, 6.45) is 1.55. The summed E-state index contributed by atoms with van der Waals surface area (Å²) in [4.78, 5) is 43.4. The lowest BCUT2D eigenvalue weighted by Gasteiger charge is -2.34. The zero-order valence-corrected chi connectivity index (χ0v) is 20.0. The number of ether oxygens (including phenoxy) is 1. The van der Waals surface area contributed by atoms with Crippen LogP contribution in [0.25, 0.3) is 6.08 Å². The van der Waals surface area contributed by atoms with Gasteiger partial charge in [0.2, 0.25) is 0 Å². The van der Waals surface area contributed by atoms with E-state index in [1.807, 2.05) is 0 Å². The maximum Gasteiger partial charge on any atom is 0.293 e. The summed E-state index contributed by atoms with van der Waals surface area (Å²) < 4.78 is 32.3. The van der Waals surface area contributed by atoms with E-state index in [0.717, 1.165) is 42.4 Å². The fraction of sp³-hybridized carbons (Fsp3) is 0.320. The molecule has 0 spiro atoms. The molecule has 0 aromatic heterocycles. The van der Waals surface area contributed by atoms with Gasteiger partial charge in [0.25, 0.3) is 17.1 Å². The van der Waals surface area contributed by atoms with Crippen LogP contribution < -0.4 is 0 Å². The smallest absolute Gasteiger partial charge is 0.293 e. The van der Waals surface area contributed by atoms with Gasteiger partial charge in [0, 0.05) is 57.0 Å². The number of piperazine rings is 1. The minimum Gasteiger partial charge on any atom is -0.383 e. The highest BCUT2D eigenvalue weighted by Gasteiger charge is 2.35. The molecule has 2 aliphatic rings. The molecule has 0 radical (unpaired) electrons. The molecule has 7 nitrogen and oxygen atoms in total. The van der Waals surface area contributed by atoms with E-state index in [1.54, 1.807) is 42.4 Å². The van der Waals surface area contributed by atoms with Gasteiger partial charge in [0.15, 0.2) is 0 Å². The molecule has 2 aromatic rings. The number of carbonyl (C=O) groups is 3. The number of rotatable bonds is 7. The Labute approximate surface area is 206 Å². The molecular formula is C25H25F2N3O4S. The maximum absolute atomic E-state index is 14.0. The first-order chi connectivity index (χ1) is 16.9. The van der Waals surface area contributed by atoms with Gasteiger partial charge >= 0.3 is 0 Å². The van der Waals surface area contributed by atoms with E-state index < -0.39 is 22.8 Å². The number of methoxy groups -OCH3 is 1. The number of benzene rings is 2. The van der Waals surface area contributed by atoms with Crippen LogP contribution in [0.4, 0.5) is 13.6 Å². The Hall–Kier alpha value is -3.08. The van der Waals surface area contributed by atoms with Crippen molar-refractivity contribution in [2.75, 3.05) is 46.4 Å². The Morgan fingerprint density at radius 2 is 1.86 bits per heavy atom. The molecule has 2 aromatic carbocycles. The van der Waals surface area contributed by atoms with Crippen molar-refractivity contribution in [1.29, 1.82) is 0 Å². The largest absolute Gasteiger partial charge is 0.383 e. The number of thioether (sulfide) groups is 1. The number of imide groups is 1. The molecule has 2 fully saturated rings. The molecule has 2 aliphatic heterocycles. The Balaban J connectivity index is 1.43. The van der Waals surface area contributed by atoms with E-state index in [1.165, 1.54) is 6.07 Å². The summed E-state index contributed by atoms with van der Waals surface area (Å²) in [6, 6.07) is 9.89. The van der Waals surface area contributed by atoms with Gasteiger partial charge in [-0.1, -0.05) is 18.2 Å². The van der Waals surface area contributed by atoms with Crippen molar-refractivity contribution in [3.63, 3.8) is 0 Å². The van der Waals surface area contributed by atoms with Gasteiger partial charge < -0.3 is 9.64 Å². The lowest BCUT2D eigenvalue weighted by Crippen LogP contribution is -2.49. The van der Waals surface area contributed by atoms with E-state index in [4.69, 9.17) is 4.74 Å². The third kappa shape index (κ3) is 5.95. The van der Waals surface area contributed by atoms with Crippen LogP contribution in [0, 0.1) is 11.6 Å². The Morgan fingerprint density at radius 1 is 1.09 bits per heavy atom. The van der Waals surface area contributed by atoms with Crippen molar-refractivity contribution in [2.24, 2.45) is 0 Å². The van der Waals surface area contributed by atoms with E-state index in [0.29, 0.717) is 36.9 Å². The first kappa shape index (κ1) is 25.0. The van der Waals surface area contributed by atoms with Gasteiger partial charge in [-0.3, -0.25) is 24.2 Å². The molecule has 35 heavy (non-hydrogen) atoms. The van der Waals surface area contributed by atoms with Crippen LogP contribution in [0.3, 0.4) is 0 Å². The molecule has 0 saturated carbocycles. The number of nitrogens with zero attached hydrogens (tertiary/aromatic N) is 3. The SMILES string of the molecule is COCCN1CCN(C(=O)c2cccc(/C=C3\SC(=O)N(Cc4ccc(F)cc4F)C3=O)c2)CC1. The van der Waals surface area contributed by atoms with Crippen molar-refractivity contribution >= 4 is 34.9 Å². The quantitative estimate of drug-likeness (QED) is 0.540. The van der Waals surface area contributed by atoms with Crippen LogP contribution in [0.2, 0.25) is 0 Å². The molecule has 4 rings (SSSR count). The lowest BCUT2D eigenvalue weighted by molar-refractivity contribution is -0.123. The van der Waals surface area contributed by atoms with E-state index in [-0.39, 0.29) is 22.9 Å². The van der Waals surface area contributed by atoms with Gasteiger partial charge in [-0.05, 0) is 41.6 Å². The average molecular weight is 502 g/mol. The molecule has 0 atom stereocenters. The molecule has 2 saturated heterocycles. The van der Waals surface area contributed by atoms with E-state index in [9.17, 15) is 23.2 Å². The highest BCUT2D eigenvalue weighted by atomic mass is 32.2. The van der Waals surface area contributed by atoms with Crippen molar-refractivity contribution in [3.8, 4) is 0 Å². The predicted molar refractivity (Wildman–Crippen MR) is 129 cm³/mol. The van der Waals surface area contributed by atoms with Crippen LogP contribution in [-0.4, -0.2) is 78.2 Å². The Bertz CT molecular complexity index is 1170. The fourth-order valence-electron chi connectivity index (χ4n) is 3.95. The molecule has 0 N–H and O–H groups in total. The van der Waals surface area contributed by atoms with Crippen molar-refractivity contribution < 1.29 is 27.9 Å². The normalized spacial score (nSPS) is 18.1. The average Bonchev–Trinajstić information content (AvgIpc) is 3.11. The standard InChI is InChI=1S/C25H25F2N3O4S/c1-34-12-11-28-7-9-29(10-8-28)23(31)18-4-2-3-17(13-18)14-22-24(32)30(25(33)35-22)16-19-5-6-20(26)15-21(19)27/h2-6,13-15H,7-12,16H2,1H3/b22-14-. The monoisotopic (exact) mass is 501 g/mol. The van der Waals surface area contributed by atoms with Crippen molar-refractivity contribution in [1.82, 2.24) is 14.7 Å². The minimum absolute atomic E-state index is 0.0462. The number of amides is 3. The zero-order chi connectivity index (χ0) is 24.9. The summed E-state index contributed by atoms with van der Waals surface area (Å²) >= 11 is 0.745.